The molecular formula is C24H24Cl2Zr. The van der Waals surface area contributed by atoms with E-state index in [4.69, 9.17) is 0 Å². The Kier molecular flexibility index (Phi) is 15.0. The molecule has 0 aromatic heterocycles. The minimum absolute atomic E-state index is 0. The first kappa shape index (κ1) is 25.7. The molecule has 0 atom stereocenters. The Bertz CT molecular complexity index is 718. The van der Waals surface area contributed by atoms with E-state index >= 15 is 0 Å². The van der Waals surface area contributed by atoms with Gasteiger partial charge in [0.2, 0.25) is 0 Å². The van der Waals surface area contributed by atoms with Gasteiger partial charge in [0.1, 0.15) is 0 Å². The topological polar surface area (TPSA) is 0 Å². The number of allylic oxidation sites excluding steroid dienone is 8. The van der Waals surface area contributed by atoms with Gasteiger partial charge in [-0.05, 0) is 0 Å². The van der Waals surface area contributed by atoms with E-state index in [-0.39, 0.29) is 24.8 Å². The first-order valence-corrected chi connectivity index (χ1v) is 9.65. The van der Waals surface area contributed by atoms with E-state index in [0.717, 1.165) is 12.8 Å². The summed E-state index contributed by atoms with van der Waals surface area (Å²) in [5, 5.41) is 0. The maximum atomic E-state index is 3.12. The van der Waals surface area contributed by atoms with Gasteiger partial charge in [-0.2, -0.15) is 12.2 Å². The average molecular weight is 475 g/mol. The molecule has 2 aliphatic rings. The number of rotatable bonds is 2. The average Bonchev–Trinajstić information content (AvgIpc) is 3.40. The molecule has 0 heterocycles. The van der Waals surface area contributed by atoms with Crippen molar-refractivity contribution in [2.75, 3.05) is 0 Å². The van der Waals surface area contributed by atoms with Crippen molar-refractivity contribution in [3.05, 3.63) is 120 Å². The van der Waals surface area contributed by atoms with E-state index in [0.29, 0.717) is 0 Å². The second kappa shape index (κ2) is 15.8. The zero-order valence-corrected chi connectivity index (χ0v) is 19.5. The summed E-state index contributed by atoms with van der Waals surface area (Å²) in [6.45, 7) is 2.06. The second-order valence-corrected chi connectivity index (χ2v) is 6.81. The van der Waals surface area contributed by atoms with Crippen LogP contribution in [0.3, 0.4) is 0 Å². The van der Waals surface area contributed by atoms with Crippen LogP contribution in [-0.2, 0) is 24.2 Å². The Balaban J connectivity index is 0.000000433. The molecule has 0 radical (unpaired) electrons. The Morgan fingerprint density at radius 1 is 0.815 bits per heavy atom. The van der Waals surface area contributed by atoms with Crippen molar-refractivity contribution < 1.29 is 24.2 Å². The fourth-order valence-electron chi connectivity index (χ4n) is 2.23. The van der Waals surface area contributed by atoms with Crippen LogP contribution in [-0.4, -0.2) is 3.21 Å². The van der Waals surface area contributed by atoms with Gasteiger partial charge in [-0.25, -0.2) is 23.8 Å². The first-order chi connectivity index (χ1) is 12.3. The van der Waals surface area contributed by atoms with Crippen molar-refractivity contribution in [1.82, 2.24) is 0 Å². The second-order valence-electron chi connectivity index (χ2n) is 5.58. The summed E-state index contributed by atoms with van der Waals surface area (Å²) in [5.74, 6) is 0. The fourth-order valence-corrected chi connectivity index (χ4v) is 3.05. The monoisotopic (exact) mass is 472 g/mol. The summed E-state index contributed by atoms with van der Waals surface area (Å²) in [6, 6.07) is 21.1. The predicted octanol–water partition coefficient (Wildman–Crippen LogP) is 6.65. The van der Waals surface area contributed by atoms with Gasteiger partial charge in [0, 0.05) is 0 Å². The van der Waals surface area contributed by atoms with Crippen molar-refractivity contribution in [3.8, 4) is 0 Å². The molecule has 0 N–H and O–H groups in total. The van der Waals surface area contributed by atoms with Gasteiger partial charge in [0.15, 0.2) is 0 Å². The molecule has 3 heteroatoms. The maximum absolute atomic E-state index is 3.12. The summed E-state index contributed by atoms with van der Waals surface area (Å²) in [4.78, 5) is 0. The third-order valence-corrected chi connectivity index (χ3v) is 5.00. The van der Waals surface area contributed by atoms with Gasteiger partial charge in [-0.1, -0.05) is 6.92 Å². The van der Waals surface area contributed by atoms with Crippen LogP contribution in [0.15, 0.2) is 96.6 Å². The predicted molar refractivity (Wildman–Crippen MR) is 118 cm³/mol. The fraction of sp³-hybridized carbons (Fsp3) is 0.125. The van der Waals surface area contributed by atoms with Crippen molar-refractivity contribution >= 4 is 28.0 Å². The molecule has 2 aromatic carbocycles. The van der Waals surface area contributed by atoms with Crippen molar-refractivity contribution in [2.45, 2.75) is 19.8 Å². The Morgan fingerprint density at radius 2 is 1.37 bits per heavy atom. The molecule has 0 unspecified atom stereocenters. The number of hydrogen-bond donors (Lipinski definition) is 0. The summed E-state index contributed by atoms with van der Waals surface area (Å²) in [6.07, 6.45) is 18.3. The van der Waals surface area contributed by atoms with Crippen LogP contribution >= 0.6 is 24.8 Å². The summed E-state index contributed by atoms with van der Waals surface area (Å²) < 4.78 is 1.42. The first-order valence-electron chi connectivity index (χ1n) is 8.42. The number of benzene rings is 2. The molecule has 4 rings (SSSR count). The molecule has 0 aliphatic heterocycles. The van der Waals surface area contributed by atoms with E-state index in [1.807, 2.05) is 12.2 Å². The summed E-state index contributed by atoms with van der Waals surface area (Å²) in [7, 11) is 0. The van der Waals surface area contributed by atoms with E-state index in [2.05, 4.69) is 98.0 Å². The molecule has 0 fully saturated rings. The molecule has 27 heavy (non-hydrogen) atoms. The molecule has 2 aromatic rings. The number of hydrogen-bond acceptors (Lipinski definition) is 0. The molecule has 0 saturated carbocycles. The van der Waals surface area contributed by atoms with Gasteiger partial charge in [-0.3, -0.25) is 12.2 Å². The van der Waals surface area contributed by atoms with Crippen LogP contribution < -0.4 is 0 Å². The van der Waals surface area contributed by atoms with Crippen molar-refractivity contribution in [3.63, 3.8) is 0 Å². The van der Waals surface area contributed by atoms with Crippen LogP contribution in [0, 0.1) is 12.2 Å². The van der Waals surface area contributed by atoms with Crippen molar-refractivity contribution in [1.29, 1.82) is 0 Å². The standard InChI is InChI=1S/C13H10.C6H7.C5H5.2ClH.Zr/c1-3-7-12(8-4-1)11-13-9-5-2-6-10-13;1-6-4-2-3-5-6;1-2-4-5-3-1;;;/h1-10H;2,4H,3H2,1H3;1-3H,4H2;2*1H;/q;2*-1;;;+2. The van der Waals surface area contributed by atoms with Crippen LogP contribution in [0.25, 0.3) is 0 Å². The Morgan fingerprint density at radius 3 is 1.63 bits per heavy atom. The Labute approximate surface area is 190 Å². The van der Waals surface area contributed by atoms with E-state index in [1.54, 1.807) is 0 Å². The SMILES string of the molecule is CC1=[C-]CC=C1.Cl.Cl.[C-]1=CC=CC1.[Zr+2]=[C](c1ccccc1)c1ccccc1. The molecule has 0 nitrogen and oxygen atoms in total. The molecule has 0 saturated heterocycles. The summed E-state index contributed by atoms with van der Waals surface area (Å²) >= 11 is 1.46. The van der Waals surface area contributed by atoms with Crippen molar-refractivity contribution in [2.24, 2.45) is 0 Å². The molecule has 0 spiro atoms. The van der Waals surface area contributed by atoms with Gasteiger partial charge in [0.25, 0.3) is 0 Å². The zero-order valence-electron chi connectivity index (χ0n) is 15.4. The molecule has 0 amide bonds. The zero-order chi connectivity index (χ0) is 17.7. The van der Waals surface area contributed by atoms with Crippen LogP contribution in [0.1, 0.15) is 30.9 Å². The van der Waals surface area contributed by atoms with E-state index < -0.39 is 0 Å². The van der Waals surface area contributed by atoms with E-state index in [1.165, 1.54) is 44.1 Å². The molecule has 2 aliphatic carbocycles. The van der Waals surface area contributed by atoms with Crippen LogP contribution in [0.2, 0.25) is 0 Å². The summed E-state index contributed by atoms with van der Waals surface area (Å²) in [5.41, 5.74) is 3.93. The Hall–Kier alpha value is -1.27. The molecule has 138 valence electrons. The van der Waals surface area contributed by atoms with Gasteiger partial charge < -0.3 is 0 Å². The van der Waals surface area contributed by atoms with Gasteiger partial charge in [0.05, 0.1) is 0 Å². The molecule has 0 bridgehead atoms. The number of halogens is 2. The van der Waals surface area contributed by atoms with Crippen LogP contribution in [0.5, 0.6) is 0 Å². The van der Waals surface area contributed by atoms with Gasteiger partial charge in [-0.15, -0.1) is 37.7 Å². The normalized spacial score (nSPS) is 12.5. The van der Waals surface area contributed by atoms with Gasteiger partial charge >= 0.3 is 99.2 Å². The third kappa shape index (κ3) is 10.6. The molecular weight excluding hydrogens is 450 g/mol. The third-order valence-electron chi connectivity index (χ3n) is 3.58. The quantitative estimate of drug-likeness (QED) is 0.428. The van der Waals surface area contributed by atoms with E-state index in [9.17, 15) is 0 Å². The van der Waals surface area contributed by atoms with Crippen LogP contribution in [0.4, 0.5) is 0 Å². The minimum atomic E-state index is 0.